The highest BCUT2D eigenvalue weighted by atomic mass is 32.1. The van der Waals surface area contributed by atoms with Gasteiger partial charge in [-0.25, -0.2) is 19.2 Å². The van der Waals surface area contributed by atoms with Crippen molar-refractivity contribution in [1.82, 2.24) is 0 Å². The summed E-state index contributed by atoms with van der Waals surface area (Å²) in [5.41, 5.74) is 0.983. The van der Waals surface area contributed by atoms with E-state index in [1.807, 2.05) is 0 Å². The molecule has 182 valence electrons. The van der Waals surface area contributed by atoms with Gasteiger partial charge in [0.1, 0.15) is 9.88 Å². The van der Waals surface area contributed by atoms with Crippen molar-refractivity contribution in [3.05, 3.63) is 45.3 Å². The predicted molar refractivity (Wildman–Crippen MR) is 130 cm³/mol. The van der Waals surface area contributed by atoms with Gasteiger partial charge in [-0.3, -0.25) is 0 Å². The molecule has 34 heavy (non-hydrogen) atoms. The molecule has 2 N–H and O–H groups in total. The Kier molecular flexibility index (Phi) is 9.51. The molecule has 1 aromatic carbocycles. The first-order chi connectivity index (χ1) is 16.2. The van der Waals surface area contributed by atoms with Crippen molar-refractivity contribution < 1.29 is 38.1 Å². The van der Waals surface area contributed by atoms with Crippen molar-refractivity contribution in [2.75, 3.05) is 38.1 Å². The van der Waals surface area contributed by atoms with Gasteiger partial charge in [0, 0.05) is 0 Å². The monoisotopic (exact) mass is 508 g/mol. The molecule has 2 rings (SSSR count). The smallest absolute Gasteiger partial charge is 0.348 e. The van der Waals surface area contributed by atoms with Crippen molar-refractivity contribution in [3.63, 3.8) is 0 Å². The summed E-state index contributed by atoms with van der Waals surface area (Å²) in [6.07, 6.45) is 0. The van der Waals surface area contributed by atoms with E-state index in [2.05, 4.69) is 10.6 Å². The van der Waals surface area contributed by atoms with Crippen LogP contribution in [0.25, 0.3) is 0 Å². The lowest BCUT2D eigenvalue weighted by Crippen LogP contribution is -2.22. The lowest BCUT2D eigenvalue weighted by atomic mass is 10.1. The molecule has 0 bridgehead atoms. The molecule has 0 aliphatic carbocycles. The maximum absolute atomic E-state index is 12.4. The first-order valence-electron chi connectivity index (χ1n) is 10.0. The number of hydrogen-bond donors (Lipinski definition) is 2. The van der Waals surface area contributed by atoms with Crippen LogP contribution in [-0.4, -0.2) is 56.4 Å². The summed E-state index contributed by atoms with van der Waals surface area (Å²) in [6, 6.07) is 4.26. The first-order valence-corrected chi connectivity index (χ1v) is 11.3. The molecule has 1 aromatic heterocycles. The second-order valence-corrected chi connectivity index (χ2v) is 7.95. The first kappa shape index (κ1) is 26.7. The van der Waals surface area contributed by atoms with E-state index in [4.69, 9.17) is 31.2 Å². The normalized spacial score (nSPS) is 10.1. The van der Waals surface area contributed by atoms with Gasteiger partial charge in [-0.1, -0.05) is 0 Å². The van der Waals surface area contributed by atoms with Crippen molar-refractivity contribution in [1.29, 1.82) is 0 Å². The minimum absolute atomic E-state index is 0.0191. The van der Waals surface area contributed by atoms with E-state index in [1.54, 1.807) is 20.8 Å². The summed E-state index contributed by atoms with van der Waals surface area (Å²) >= 11 is 6.32. The average Bonchev–Trinajstić information content (AvgIpc) is 3.13. The van der Waals surface area contributed by atoms with Gasteiger partial charge in [0.25, 0.3) is 0 Å². The highest BCUT2D eigenvalue weighted by Gasteiger charge is 2.26. The van der Waals surface area contributed by atoms with Gasteiger partial charge >= 0.3 is 23.9 Å². The van der Waals surface area contributed by atoms with Crippen LogP contribution in [0.15, 0.2) is 18.2 Å². The van der Waals surface area contributed by atoms with E-state index < -0.39 is 23.9 Å². The maximum atomic E-state index is 12.4. The fraction of sp³-hybridized carbons (Fsp3) is 0.318. The van der Waals surface area contributed by atoms with Crippen LogP contribution in [0.2, 0.25) is 0 Å². The summed E-state index contributed by atoms with van der Waals surface area (Å²) in [7, 11) is 2.44. The van der Waals surface area contributed by atoms with Gasteiger partial charge in [0.05, 0.1) is 49.8 Å². The molecule has 1 heterocycles. The Morgan fingerprint density at radius 3 is 2.12 bits per heavy atom. The Hall–Kier alpha value is -3.51. The number of thiocarbonyl (C=S) groups is 1. The van der Waals surface area contributed by atoms with E-state index in [0.717, 1.165) is 11.3 Å². The molecule has 0 radical (unpaired) electrons. The third-order valence-corrected chi connectivity index (χ3v) is 5.80. The summed E-state index contributed by atoms with van der Waals surface area (Å²) in [6.45, 7) is 5.24. The molecule has 0 saturated heterocycles. The van der Waals surface area contributed by atoms with Crippen LogP contribution in [0.4, 0.5) is 10.7 Å². The summed E-state index contributed by atoms with van der Waals surface area (Å²) < 4.78 is 19.7. The number of esters is 4. The zero-order valence-electron chi connectivity index (χ0n) is 19.2. The number of rotatable bonds is 8. The molecule has 0 atom stereocenters. The number of ether oxygens (including phenoxy) is 4. The van der Waals surface area contributed by atoms with Crippen molar-refractivity contribution in [3.8, 4) is 0 Å². The minimum Gasteiger partial charge on any atom is -0.465 e. The van der Waals surface area contributed by atoms with Crippen LogP contribution in [0.3, 0.4) is 0 Å². The van der Waals surface area contributed by atoms with Gasteiger partial charge in [0.2, 0.25) is 0 Å². The Morgan fingerprint density at radius 2 is 1.53 bits per heavy atom. The van der Waals surface area contributed by atoms with Crippen molar-refractivity contribution >= 4 is 63.2 Å². The molecular weight excluding hydrogens is 484 g/mol. The van der Waals surface area contributed by atoms with Crippen LogP contribution >= 0.6 is 23.6 Å². The standard InChI is InChI=1S/C22H24N2O8S2/c1-6-31-18(25)12-8-9-13(19(26)32-7-2)14(10-12)23-22(33)24-17-15(20(27)29-4)11(3)16(34-17)21(28)30-5/h8-10H,6-7H2,1-5H3,(H2,23,24,33). The Morgan fingerprint density at radius 1 is 0.912 bits per heavy atom. The molecule has 0 aliphatic heterocycles. The quantitative estimate of drug-likeness (QED) is 0.307. The van der Waals surface area contributed by atoms with Crippen molar-refractivity contribution in [2.45, 2.75) is 20.8 Å². The molecule has 0 unspecified atom stereocenters. The van der Waals surface area contributed by atoms with E-state index in [-0.39, 0.29) is 50.6 Å². The number of anilines is 2. The van der Waals surface area contributed by atoms with Gasteiger partial charge < -0.3 is 29.6 Å². The fourth-order valence-corrected chi connectivity index (χ4v) is 4.26. The van der Waals surface area contributed by atoms with Gasteiger partial charge in [-0.15, -0.1) is 11.3 Å². The third kappa shape index (κ3) is 6.08. The van der Waals surface area contributed by atoms with Gasteiger partial charge in [0.15, 0.2) is 5.11 Å². The van der Waals surface area contributed by atoms with Crippen LogP contribution in [-0.2, 0) is 18.9 Å². The SMILES string of the molecule is CCOC(=O)c1ccc(C(=O)OCC)c(NC(=S)Nc2sc(C(=O)OC)c(C)c2C(=O)OC)c1. The molecule has 0 spiro atoms. The van der Waals surface area contributed by atoms with Crippen LogP contribution in [0.5, 0.6) is 0 Å². The number of carbonyl (C=O) groups excluding carboxylic acids is 4. The number of thiophene rings is 1. The summed E-state index contributed by atoms with van der Waals surface area (Å²) in [4.78, 5) is 49.2. The number of nitrogens with one attached hydrogen (secondary N) is 2. The largest absolute Gasteiger partial charge is 0.465 e. The molecule has 10 nitrogen and oxygen atoms in total. The van der Waals surface area contributed by atoms with Crippen LogP contribution < -0.4 is 10.6 Å². The molecular formula is C22H24N2O8S2. The molecule has 2 aromatic rings. The molecule has 0 aliphatic rings. The topological polar surface area (TPSA) is 129 Å². The fourth-order valence-electron chi connectivity index (χ4n) is 2.87. The van der Waals surface area contributed by atoms with Gasteiger partial charge in [-0.2, -0.15) is 0 Å². The zero-order valence-corrected chi connectivity index (χ0v) is 20.9. The predicted octanol–water partition coefficient (Wildman–Crippen LogP) is 3.79. The molecule has 0 saturated carbocycles. The zero-order chi connectivity index (χ0) is 25.4. The highest BCUT2D eigenvalue weighted by molar-refractivity contribution is 7.80. The molecule has 0 amide bonds. The van der Waals surface area contributed by atoms with E-state index >= 15 is 0 Å². The maximum Gasteiger partial charge on any atom is 0.348 e. The summed E-state index contributed by atoms with van der Waals surface area (Å²) in [5.74, 6) is -2.50. The average molecular weight is 509 g/mol. The third-order valence-electron chi connectivity index (χ3n) is 4.41. The lowest BCUT2D eigenvalue weighted by molar-refractivity contribution is 0.0512. The van der Waals surface area contributed by atoms with Crippen LogP contribution in [0.1, 0.15) is 60.2 Å². The second-order valence-electron chi connectivity index (χ2n) is 6.52. The number of hydrogen-bond acceptors (Lipinski definition) is 10. The molecule has 0 fully saturated rings. The highest BCUT2D eigenvalue weighted by Crippen LogP contribution is 2.34. The number of benzene rings is 1. The Bertz CT molecular complexity index is 1130. The number of carbonyl (C=O) groups is 4. The van der Waals surface area contributed by atoms with Crippen LogP contribution in [0, 0.1) is 6.92 Å². The van der Waals surface area contributed by atoms with E-state index in [1.165, 1.54) is 32.4 Å². The minimum atomic E-state index is -0.675. The number of methoxy groups -OCH3 is 2. The molecule has 12 heteroatoms. The Balaban J connectivity index is 2.42. The second kappa shape index (κ2) is 12.1. The van der Waals surface area contributed by atoms with E-state index in [0.29, 0.717) is 5.56 Å². The summed E-state index contributed by atoms with van der Waals surface area (Å²) in [5, 5.41) is 5.91. The van der Waals surface area contributed by atoms with E-state index in [9.17, 15) is 19.2 Å². The van der Waals surface area contributed by atoms with Gasteiger partial charge in [-0.05, 0) is 56.8 Å². The Labute approximate surface area is 205 Å². The van der Waals surface area contributed by atoms with Crippen molar-refractivity contribution in [2.24, 2.45) is 0 Å². The lowest BCUT2D eigenvalue weighted by Gasteiger charge is -2.15.